The Morgan fingerprint density at radius 3 is 2.22 bits per heavy atom. The molecule has 2 fully saturated rings. The average molecular weight is 499 g/mol. The van der Waals surface area contributed by atoms with E-state index in [9.17, 15) is 13.2 Å². The third-order valence-electron chi connectivity index (χ3n) is 8.55. The molecule has 0 bridgehead atoms. The molecule has 0 saturated heterocycles. The third-order valence-corrected chi connectivity index (χ3v) is 8.55. The number of aryl methyl sites for hydroxylation is 1. The molecule has 4 rings (SSSR count). The van der Waals surface area contributed by atoms with Gasteiger partial charge in [-0.15, -0.1) is 6.58 Å². The van der Waals surface area contributed by atoms with E-state index in [1.165, 1.54) is 6.07 Å². The lowest BCUT2D eigenvalue weighted by atomic mass is 9.76. The van der Waals surface area contributed by atoms with Gasteiger partial charge in [0, 0.05) is 6.07 Å². The van der Waals surface area contributed by atoms with E-state index in [0.29, 0.717) is 41.7 Å². The van der Waals surface area contributed by atoms with Gasteiger partial charge in [-0.1, -0.05) is 44.0 Å². The van der Waals surface area contributed by atoms with Crippen LogP contribution < -0.4 is 4.74 Å². The van der Waals surface area contributed by atoms with Gasteiger partial charge in [0.15, 0.2) is 11.6 Å². The van der Waals surface area contributed by atoms with Crippen molar-refractivity contribution in [3.8, 4) is 5.75 Å². The van der Waals surface area contributed by atoms with Crippen LogP contribution in [0.2, 0.25) is 0 Å². The van der Waals surface area contributed by atoms with Crippen LogP contribution in [0.4, 0.5) is 13.2 Å². The Kier molecular flexibility index (Phi) is 9.56. The van der Waals surface area contributed by atoms with E-state index in [1.54, 1.807) is 0 Å². The highest BCUT2D eigenvalue weighted by Crippen LogP contribution is 2.40. The highest BCUT2D eigenvalue weighted by molar-refractivity contribution is 5.32. The quantitative estimate of drug-likeness (QED) is 0.234. The first-order valence-corrected chi connectivity index (χ1v) is 14.0. The van der Waals surface area contributed by atoms with Gasteiger partial charge in [0.05, 0.1) is 6.61 Å². The van der Waals surface area contributed by atoms with E-state index in [2.05, 4.69) is 13.5 Å². The molecule has 36 heavy (non-hydrogen) atoms. The zero-order valence-corrected chi connectivity index (χ0v) is 21.7. The van der Waals surface area contributed by atoms with Gasteiger partial charge in [-0.25, -0.2) is 13.2 Å². The van der Waals surface area contributed by atoms with Gasteiger partial charge < -0.3 is 4.74 Å². The van der Waals surface area contributed by atoms with Gasteiger partial charge in [0.2, 0.25) is 0 Å². The zero-order valence-electron chi connectivity index (χ0n) is 21.7. The molecule has 0 radical (unpaired) electrons. The summed E-state index contributed by atoms with van der Waals surface area (Å²) in [4.78, 5) is 0. The number of hydrogen-bond acceptors (Lipinski definition) is 1. The van der Waals surface area contributed by atoms with Crippen molar-refractivity contribution in [2.75, 3.05) is 6.61 Å². The van der Waals surface area contributed by atoms with Crippen molar-refractivity contribution in [2.24, 2.45) is 11.8 Å². The summed E-state index contributed by atoms with van der Waals surface area (Å²) >= 11 is 0. The Balaban J connectivity index is 1.26. The minimum Gasteiger partial charge on any atom is -0.493 e. The number of benzene rings is 2. The number of ether oxygens (including phenoxy) is 1. The molecule has 0 amide bonds. The largest absolute Gasteiger partial charge is 0.493 e. The minimum absolute atomic E-state index is 0.151. The van der Waals surface area contributed by atoms with Crippen molar-refractivity contribution >= 4 is 0 Å². The summed E-state index contributed by atoms with van der Waals surface area (Å²) in [7, 11) is 0. The van der Waals surface area contributed by atoms with Crippen molar-refractivity contribution in [3.63, 3.8) is 0 Å². The highest BCUT2D eigenvalue weighted by Gasteiger charge is 2.27. The predicted molar refractivity (Wildman–Crippen MR) is 141 cm³/mol. The molecule has 196 valence electrons. The maximum absolute atomic E-state index is 14.9. The van der Waals surface area contributed by atoms with Gasteiger partial charge in [-0.2, -0.15) is 0 Å². The lowest BCUT2D eigenvalue weighted by Gasteiger charge is -2.29. The molecule has 0 spiro atoms. The maximum Gasteiger partial charge on any atom is 0.162 e. The fraction of sp³-hybridized carbons (Fsp3) is 0.562. The number of rotatable bonds is 10. The van der Waals surface area contributed by atoms with Crippen LogP contribution in [0.25, 0.3) is 0 Å². The molecule has 2 aromatic carbocycles. The summed E-state index contributed by atoms with van der Waals surface area (Å²) < 4.78 is 50.2. The molecule has 0 aromatic heterocycles. The van der Waals surface area contributed by atoms with E-state index < -0.39 is 11.6 Å². The lowest BCUT2D eigenvalue weighted by Crippen LogP contribution is -2.16. The van der Waals surface area contributed by atoms with Crippen LogP contribution in [-0.2, 0) is 6.42 Å². The lowest BCUT2D eigenvalue weighted by molar-refractivity contribution is 0.301. The van der Waals surface area contributed by atoms with Crippen LogP contribution >= 0.6 is 0 Å². The van der Waals surface area contributed by atoms with Crippen molar-refractivity contribution in [2.45, 2.75) is 95.8 Å². The summed E-state index contributed by atoms with van der Waals surface area (Å²) in [5.74, 6) is 0.635. The molecule has 2 aromatic rings. The second-order valence-electron chi connectivity index (χ2n) is 11.1. The van der Waals surface area contributed by atoms with Gasteiger partial charge in [0.25, 0.3) is 0 Å². The first kappa shape index (κ1) is 26.8. The summed E-state index contributed by atoms with van der Waals surface area (Å²) in [6.07, 6.45) is 12.9. The van der Waals surface area contributed by atoms with E-state index in [4.69, 9.17) is 4.74 Å². The van der Waals surface area contributed by atoms with E-state index in [-0.39, 0.29) is 17.7 Å². The molecule has 2 saturated carbocycles. The molecule has 0 heterocycles. The first-order chi connectivity index (χ1) is 17.5. The maximum atomic E-state index is 14.9. The van der Waals surface area contributed by atoms with Crippen molar-refractivity contribution in [1.29, 1.82) is 0 Å². The fourth-order valence-corrected chi connectivity index (χ4v) is 6.15. The monoisotopic (exact) mass is 498 g/mol. The van der Waals surface area contributed by atoms with Crippen molar-refractivity contribution in [3.05, 3.63) is 77.1 Å². The van der Waals surface area contributed by atoms with Crippen LogP contribution in [-0.4, -0.2) is 6.61 Å². The van der Waals surface area contributed by atoms with Crippen LogP contribution in [0.1, 0.15) is 106 Å². The fourth-order valence-electron chi connectivity index (χ4n) is 6.15. The first-order valence-electron chi connectivity index (χ1n) is 14.0. The second-order valence-corrected chi connectivity index (χ2v) is 11.1. The van der Waals surface area contributed by atoms with Gasteiger partial charge >= 0.3 is 0 Å². The standard InChI is InChI=1S/C32H41F3O/c1-3-4-5-20-36-27-17-19-28(30(33)21-27)24-13-8-23(9-14-24)10-15-26-16-18-29(32(35)31(26)34)25-11-6-22(2)7-12-25/h3,16-19,21-25H,1,4-15,20H2,2H3. The minimum atomic E-state index is -0.645. The normalized spacial score (nSPS) is 24.4. The Bertz CT molecular complexity index is 1000. The molecular formula is C32H41F3O. The molecule has 0 aliphatic heterocycles. The number of unbranched alkanes of at least 4 members (excludes halogenated alkanes) is 1. The molecule has 4 heteroatoms. The Labute approximate surface area is 215 Å². The van der Waals surface area contributed by atoms with E-state index >= 15 is 0 Å². The third kappa shape index (κ3) is 6.75. The number of halogens is 3. The van der Waals surface area contributed by atoms with Crippen molar-refractivity contribution in [1.82, 2.24) is 0 Å². The molecule has 2 aliphatic rings. The molecule has 2 aliphatic carbocycles. The molecule has 0 N–H and O–H groups in total. The average Bonchev–Trinajstić information content (AvgIpc) is 2.89. The Hall–Kier alpha value is -2.23. The van der Waals surface area contributed by atoms with Crippen LogP contribution in [0, 0.1) is 29.3 Å². The molecule has 0 atom stereocenters. The van der Waals surface area contributed by atoms with Crippen molar-refractivity contribution < 1.29 is 17.9 Å². The van der Waals surface area contributed by atoms with Gasteiger partial charge in [0.1, 0.15) is 11.6 Å². The van der Waals surface area contributed by atoms with Gasteiger partial charge in [-0.05, 0) is 111 Å². The summed E-state index contributed by atoms with van der Waals surface area (Å²) in [6, 6.07) is 8.89. The molecular weight excluding hydrogens is 457 g/mol. The highest BCUT2D eigenvalue weighted by atomic mass is 19.2. The number of allylic oxidation sites excluding steroid dienone is 1. The molecule has 1 nitrogen and oxygen atoms in total. The Morgan fingerprint density at radius 2 is 1.53 bits per heavy atom. The van der Waals surface area contributed by atoms with Crippen LogP contribution in [0.5, 0.6) is 5.75 Å². The second kappa shape index (κ2) is 12.8. The smallest absolute Gasteiger partial charge is 0.162 e. The van der Waals surface area contributed by atoms with Crippen LogP contribution in [0.3, 0.4) is 0 Å². The Morgan fingerprint density at radius 1 is 0.861 bits per heavy atom. The van der Waals surface area contributed by atoms with Crippen LogP contribution in [0.15, 0.2) is 43.0 Å². The number of hydrogen-bond donors (Lipinski definition) is 0. The summed E-state index contributed by atoms with van der Waals surface area (Å²) in [5, 5.41) is 0. The molecule has 0 unspecified atom stereocenters. The van der Waals surface area contributed by atoms with E-state index in [0.717, 1.165) is 76.2 Å². The SMILES string of the molecule is C=CCCCOc1ccc(C2CCC(CCc3ccc(C4CCC(C)CC4)c(F)c3F)CC2)c(F)c1. The topological polar surface area (TPSA) is 9.23 Å². The summed E-state index contributed by atoms with van der Waals surface area (Å²) in [5.41, 5.74) is 1.84. The zero-order chi connectivity index (χ0) is 25.5. The van der Waals surface area contributed by atoms with Gasteiger partial charge in [-0.3, -0.25) is 0 Å². The predicted octanol–water partition coefficient (Wildman–Crippen LogP) is 9.65. The van der Waals surface area contributed by atoms with E-state index in [1.807, 2.05) is 30.3 Å². The summed E-state index contributed by atoms with van der Waals surface area (Å²) in [6.45, 7) is 6.49.